The number of thiophene rings is 1. The van der Waals surface area contributed by atoms with Crippen LogP contribution in [0.5, 0.6) is 0 Å². The lowest BCUT2D eigenvalue weighted by Gasteiger charge is -1.74. The Bertz CT molecular complexity index is 1590. The molecule has 56 heavy (non-hydrogen) atoms. The fourth-order valence-corrected chi connectivity index (χ4v) is 6.15. The molecule has 0 unspecified atom stereocenters. The highest BCUT2D eigenvalue weighted by atomic mass is 32.1. The average molecular weight is 843 g/mol. The fourth-order valence-electron chi connectivity index (χ4n) is 3.63. The van der Waals surface area contributed by atoms with Gasteiger partial charge in [-0.25, -0.2) is 19.9 Å². The second kappa shape index (κ2) is 26.9. The summed E-state index contributed by atoms with van der Waals surface area (Å²) in [4.78, 5) is 26.8. The maximum Gasteiger partial charge on any atom is 0.223 e. The van der Waals surface area contributed by atoms with Crippen LogP contribution in [0.25, 0.3) is 0 Å². The third-order valence-electron chi connectivity index (χ3n) is 5.69. The third-order valence-corrected chi connectivity index (χ3v) is 8.90. The van der Waals surface area contributed by atoms with Crippen LogP contribution in [0.15, 0.2) is 44.1 Å². The number of oxazole rings is 1. The number of hydrogen-bond acceptors (Lipinski definition) is 18. The first kappa shape index (κ1) is 49.2. The lowest BCUT2D eigenvalue weighted by Crippen LogP contribution is -1.70. The molecule has 0 radical (unpaired) electrons. The minimum Gasteiger partial charge on any atom is -0.446 e. The van der Waals surface area contributed by atoms with Crippen molar-refractivity contribution in [1.82, 2.24) is 59.8 Å². The van der Waals surface area contributed by atoms with E-state index < -0.39 is 0 Å². The summed E-state index contributed by atoms with van der Waals surface area (Å²) < 4.78 is 18.4. The SMILES string of the molecule is Cc1ccc(C)s1.Cc1cnc(C)[nH]1.Cc1cnc(C)o1.Cc1cnc(C)s1.Cc1nnc(C)o1.Cc1nnc(C)s1.Cc1noc(C)n1.Cc1nsc(C)n1. The highest BCUT2D eigenvalue weighted by Crippen LogP contribution is 2.12. The van der Waals surface area contributed by atoms with Gasteiger partial charge in [-0.15, -0.1) is 54.4 Å². The maximum absolute atomic E-state index is 4.97. The summed E-state index contributed by atoms with van der Waals surface area (Å²) in [6.07, 6.45) is 5.41. The number of H-pyrrole nitrogens is 1. The van der Waals surface area contributed by atoms with E-state index in [1.165, 1.54) is 26.2 Å². The van der Waals surface area contributed by atoms with Gasteiger partial charge in [-0.2, -0.15) is 9.36 Å². The van der Waals surface area contributed by atoms with E-state index in [1.807, 2.05) is 86.0 Å². The molecule has 0 spiro atoms. The summed E-state index contributed by atoms with van der Waals surface area (Å²) in [5.41, 5.74) is 1.12. The van der Waals surface area contributed by atoms with Crippen molar-refractivity contribution in [3.63, 3.8) is 0 Å². The number of nitrogens with zero attached hydrogens (tertiary/aromatic N) is 11. The van der Waals surface area contributed by atoms with Crippen molar-refractivity contribution >= 4 is 45.5 Å². The Kier molecular flexibility index (Phi) is 23.6. The quantitative estimate of drug-likeness (QED) is 0.151. The van der Waals surface area contributed by atoms with E-state index in [2.05, 4.69) is 97.3 Å². The van der Waals surface area contributed by atoms with Crippen molar-refractivity contribution in [2.24, 2.45) is 0 Å². The number of nitrogens with one attached hydrogen (secondary N) is 1. The predicted octanol–water partition coefficient (Wildman–Crippen LogP) is 10.1. The highest BCUT2D eigenvalue weighted by molar-refractivity contribution is 7.12. The molecule has 0 bridgehead atoms. The fraction of sp³-hybridized carbons (Fsp3) is 0.432. The molecule has 8 rings (SSSR count). The lowest BCUT2D eigenvalue weighted by atomic mass is 10.5. The Labute approximate surface area is 345 Å². The Morgan fingerprint density at radius 1 is 0.482 bits per heavy atom. The van der Waals surface area contributed by atoms with E-state index in [-0.39, 0.29) is 0 Å². The summed E-state index contributed by atoms with van der Waals surface area (Å²) in [5.74, 6) is 6.03. The number of hydrogen-bond donors (Lipinski definition) is 1. The molecular formula is C37H54N12O3S4. The standard InChI is InChI=1S/C6H8S.C5H8N2.C5H7NO.C5H7NS.2C4H6N2O.2C4H6N2S/c1-5-3-4-6(2)7-5;3*1-4-3-6-5(2)7-4;1-3-5-6-4(2)7-3;1-3-5-4(2)7-6-3;1-3-5-6-4(2)7-3;1-3-5-4(2)7-6-3/h3-4H,1-2H3;3H,1-2H3,(H,6,7);2*3H,1-2H3;4*1-2H3. The minimum atomic E-state index is 0.623. The normalized spacial score (nSPS) is 9.43. The van der Waals surface area contributed by atoms with Gasteiger partial charge in [0.05, 0.1) is 11.2 Å². The van der Waals surface area contributed by atoms with Crippen molar-refractivity contribution in [1.29, 1.82) is 0 Å². The third kappa shape index (κ3) is 25.3. The first-order valence-electron chi connectivity index (χ1n) is 17.2. The van der Waals surface area contributed by atoms with Crippen LogP contribution in [0.4, 0.5) is 0 Å². The van der Waals surface area contributed by atoms with Gasteiger partial charge in [0.15, 0.2) is 11.7 Å². The van der Waals surface area contributed by atoms with Crippen LogP contribution < -0.4 is 0 Å². The maximum atomic E-state index is 4.97. The molecule has 8 heterocycles. The largest absolute Gasteiger partial charge is 0.446 e. The predicted molar refractivity (Wildman–Crippen MR) is 226 cm³/mol. The van der Waals surface area contributed by atoms with Crippen LogP contribution in [0.3, 0.4) is 0 Å². The smallest absolute Gasteiger partial charge is 0.223 e. The molecule has 0 aromatic carbocycles. The van der Waals surface area contributed by atoms with Crippen molar-refractivity contribution in [2.45, 2.75) is 111 Å². The summed E-state index contributed by atoms with van der Waals surface area (Å²) in [6, 6.07) is 4.28. The Hall–Kier alpha value is -4.85. The molecule has 19 heteroatoms. The molecule has 304 valence electrons. The lowest BCUT2D eigenvalue weighted by molar-refractivity contribution is 0.389. The van der Waals surface area contributed by atoms with E-state index in [1.54, 1.807) is 56.6 Å². The summed E-state index contributed by atoms with van der Waals surface area (Å²) >= 11 is 6.64. The Morgan fingerprint density at radius 3 is 1.23 bits per heavy atom. The van der Waals surface area contributed by atoms with Crippen LogP contribution in [0, 0.1) is 111 Å². The van der Waals surface area contributed by atoms with Crippen molar-refractivity contribution in [2.75, 3.05) is 0 Å². The minimum absolute atomic E-state index is 0.623. The molecule has 0 saturated heterocycles. The van der Waals surface area contributed by atoms with Crippen molar-refractivity contribution in [3.05, 3.63) is 118 Å². The second-order valence-electron chi connectivity index (χ2n) is 11.7. The zero-order valence-corrected chi connectivity index (χ0v) is 38.4. The van der Waals surface area contributed by atoms with E-state index in [0.717, 1.165) is 49.0 Å². The average Bonchev–Trinajstić information content (AvgIpc) is 4.00. The first-order valence-corrected chi connectivity index (χ1v) is 20.4. The van der Waals surface area contributed by atoms with Gasteiger partial charge in [0.1, 0.15) is 32.4 Å². The van der Waals surface area contributed by atoms with Gasteiger partial charge >= 0.3 is 0 Å². The van der Waals surface area contributed by atoms with Gasteiger partial charge in [-0.05, 0) is 107 Å². The molecule has 8 aromatic rings. The van der Waals surface area contributed by atoms with Gasteiger partial charge in [-0.1, -0.05) is 5.16 Å². The van der Waals surface area contributed by atoms with E-state index >= 15 is 0 Å². The zero-order valence-electron chi connectivity index (χ0n) is 35.2. The Balaban J connectivity index is 0.000000320. The second-order valence-corrected chi connectivity index (χ2v) is 17.0. The number of aromatic amines is 1. The highest BCUT2D eigenvalue weighted by Gasteiger charge is 1.92. The monoisotopic (exact) mass is 842 g/mol. The molecule has 0 fully saturated rings. The zero-order chi connectivity index (χ0) is 42.2. The van der Waals surface area contributed by atoms with Gasteiger partial charge < -0.3 is 18.3 Å². The Morgan fingerprint density at radius 2 is 1.09 bits per heavy atom. The van der Waals surface area contributed by atoms with Crippen LogP contribution >= 0.6 is 45.5 Å². The van der Waals surface area contributed by atoms with Crippen LogP contribution in [0.2, 0.25) is 0 Å². The molecular weight excluding hydrogens is 789 g/mol. The van der Waals surface area contributed by atoms with Crippen molar-refractivity contribution < 1.29 is 13.4 Å². The van der Waals surface area contributed by atoms with Crippen LogP contribution in [0.1, 0.15) is 87.2 Å². The van der Waals surface area contributed by atoms with Crippen molar-refractivity contribution in [3.8, 4) is 0 Å². The molecule has 0 atom stereocenters. The van der Waals surface area contributed by atoms with Crippen LogP contribution in [-0.4, -0.2) is 59.8 Å². The van der Waals surface area contributed by atoms with Crippen LogP contribution in [-0.2, 0) is 0 Å². The number of imidazole rings is 1. The summed E-state index contributed by atoms with van der Waals surface area (Å²) in [6.45, 7) is 30.8. The van der Waals surface area contributed by atoms with Gasteiger partial charge in [0, 0.05) is 60.4 Å². The molecule has 15 nitrogen and oxygen atoms in total. The molecule has 8 aromatic heterocycles. The first-order chi connectivity index (χ1) is 26.3. The number of rotatable bonds is 0. The van der Waals surface area contributed by atoms with Gasteiger partial charge in [0.25, 0.3) is 0 Å². The topological polar surface area (TPSA) is 197 Å². The molecule has 0 aliphatic rings. The molecule has 1 N–H and O–H groups in total. The van der Waals surface area contributed by atoms with Gasteiger partial charge in [-0.3, -0.25) is 0 Å². The van der Waals surface area contributed by atoms with E-state index in [9.17, 15) is 0 Å². The van der Waals surface area contributed by atoms with E-state index in [4.69, 9.17) is 8.83 Å². The van der Waals surface area contributed by atoms with E-state index in [0.29, 0.717) is 23.5 Å². The summed E-state index contributed by atoms with van der Waals surface area (Å²) in [5, 5.41) is 22.6. The molecule has 0 aliphatic carbocycles. The molecule has 0 saturated carbocycles. The molecule has 0 aliphatic heterocycles. The summed E-state index contributed by atoms with van der Waals surface area (Å²) in [7, 11) is 0. The number of aryl methyl sites for hydroxylation is 16. The number of aromatic nitrogens is 12. The van der Waals surface area contributed by atoms with Gasteiger partial charge in [0.2, 0.25) is 17.7 Å². The molecule has 0 amide bonds. The number of thiazole rings is 1.